The second-order valence-corrected chi connectivity index (χ2v) is 7.03. The zero-order valence-electron chi connectivity index (χ0n) is 13.8. The van der Waals surface area contributed by atoms with E-state index in [0.717, 1.165) is 16.3 Å². The number of alkyl halides is 3. The fourth-order valence-electron chi connectivity index (χ4n) is 3.43. The molecule has 0 aliphatic carbocycles. The number of anilines is 1. The third-order valence-corrected chi connectivity index (χ3v) is 5.21. The van der Waals surface area contributed by atoms with E-state index in [0.29, 0.717) is 10.2 Å². The quantitative estimate of drug-likeness (QED) is 0.465. The Balaban J connectivity index is 2.05. The van der Waals surface area contributed by atoms with Crippen molar-refractivity contribution in [2.75, 3.05) is 11.9 Å². The molecule has 0 radical (unpaired) electrons. The molecule has 132 valence electrons. The maximum absolute atomic E-state index is 13.8. The molecule has 0 aromatic heterocycles. The van der Waals surface area contributed by atoms with Gasteiger partial charge in [-0.25, -0.2) is 0 Å². The van der Waals surface area contributed by atoms with Gasteiger partial charge in [0.1, 0.15) is 6.17 Å². The number of benzene rings is 3. The Morgan fingerprint density at radius 2 is 1.58 bits per heavy atom. The van der Waals surface area contributed by atoms with Crippen LogP contribution in [0.1, 0.15) is 17.3 Å². The van der Waals surface area contributed by atoms with E-state index in [4.69, 9.17) is 0 Å². The molecule has 6 heteroatoms. The molecule has 1 unspecified atom stereocenters. The average molecular weight is 419 g/mol. The van der Waals surface area contributed by atoms with E-state index in [1.54, 1.807) is 31.3 Å². The molecular formula is C20H14BrF3N2. The zero-order valence-corrected chi connectivity index (χ0v) is 15.3. The third-order valence-electron chi connectivity index (χ3n) is 4.56. The number of hydrogen-bond acceptors (Lipinski definition) is 2. The monoisotopic (exact) mass is 418 g/mol. The van der Waals surface area contributed by atoms with Crippen LogP contribution in [0.2, 0.25) is 0 Å². The van der Waals surface area contributed by atoms with Gasteiger partial charge in [-0.05, 0) is 17.0 Å². The van der Waals surface area contributed by atoms with Crippen LogP contribution in [0.25, 0.3) is 10.8 Å². The minimum Gasteiger partial charge on any atom is -0.348 e. The first kappa shape index (κ1) is 17.1. The van der Waals surface area contributed by atoms with Crippen LogP contribution < -0.4 is 4.90 Å². The Hall–Kier alpha value is -2.34. The number of halogens is 4. The Labute approximate surface area is 157 Å². The lowest BCUT2D eigenvalue weighted by atomic mass is 9.96. The van der Waals surface area contributed by atoms with Gasteiger partial charge in [0, 0.05) is 22.5 Å². The molecule has 1 aliphatic heterocycles. The maximum Gasteiger partial charge on any atom is 0.433 e. The molecule has 1 aliphatic rings. The molecule has 0 fully saturated rings. The zero-order chi connectivity index (χ0) is 18.5. The lowest BCUT2D eigenvalue weighted by molar-refractivity contribution is -0.0585. The van der Waals surface area contributed by atoms with E-state index in [2.05, 4.69) is 20.9 Å². The van der Waals surface area contributed by atoms with Crippen molar-refractivity contribution in [2.24, 2.45) is 4.99 Å². The van der Waals surface area contributed by atoms with Crippen molar-refractivity contribution < 1.29 is 13.2 Å². The summed E-state index contributed by atoms with van der Waals surface area (Å²) in [5.74, 6) is 0. The van der Waals surface area contributed by atoms with Crippen LogP contribution in [-0.4, -0.2) is 18.9 Å². The summed E-state index contributed by atoms with van der Waals surface area (Å²) >= 11 is 3.41. The standard InChI is InChI=1S/C20H14BrF3N2/c1-26-17-14-10-6-5-9-13(14)16(21)11-15(17)18(20(22,23)24)25-19(26)12-7-3-2-4-8-12/h2-11,19H,1H3. The van der Waals surface area contributed by atoms with E-state index >= 15 is 0 Å². The summed E-state index contributed by atoms with van der Waals surface area (Å²) in [5.41, 5.74) is 0.512. The Morgan fingerprint density at radius 3 is 2.23 bits per heavy atom. The van der Waals surface area contributed by atoms with Gasteiger partial charge < -0.3 is 4.90 Å². The second-order valence-electron chi connectivity index (χ2n) is 6.17. The van der Waals surface area contributed by atoms with Crippen LogP contribution >= 0.6 is 15.9 Å². The third kappa shape index (κ3) is 2.69. The van der Waals surface area contributed by atoms with Crippen molar-refractivity contribution in [3.05, 3.63) is 76.3 Å². The SMILES string of the molecule is CN1c2c(cc(Br)c3ccccc23)C(C(F)(F)F)=NC1c1ccccc1. The summed E-state index contributed by atoms with van der Waals surface area (Å²) < 4.78 is 42.0. The molecule has 3 aromatic rings. The van der Waals surface area contributed by atoms with Gasteiger partial charge in [-0.15, -0.1) is 0 Å². The summed E-state index contributed by atoms with van der Waals surface area (Å²) in [6.07, 6.45) is -5.27. The average Bonchev–Trinajstić information content (AvgIpc) is 2.62. The summed E-state index contributed by atoms with van der Waals surface area (Å²) in [6.45, 7) is 0. The lowest BCUT2D eigenvalue weighted by Gasteiger charge is -2.36. The van der Waals surface area contributed by atoms with Gasteiger partial charge >= 0.3 is 6.18 Å². The fourth-order valence-corrected chi connectivity index (χ4v) is 4.00. The molecule has 0 bridgehead atoms. The van der Waals surface area contributed by atoms with Gasteiger partial charge in [0.25, 0.3) is 0 Å². The highest BCUT2D eigenvalue weighted by molar-refractivity contribution is 9.10. The van der Waals surface area contributed by atoms with Gasteiger partial charge in [-0.1, -0.05) is 70.5 Å². The predicted octanol–water partition coefficient (Wildman–Crippen LogP) is 6.10. The summed E-state index contributed by atoms with van der Waals surface area (Å²) in [6, 6.07) is 18.0. The van der Waals surface area contributed by atoms with E-state index < -0.39 is 18.1 Å². The van der Waals surface area contributed by atoms with E-state index in [-0.39, 0.29) is 5.56 Å². The number of nitrogens with zero attached hydrogens (tertiary/aromatic N) is 2. The van der Waals surface area contributed by atoms with Crippen LogP contribution in [0.3, 0.4) is 0 Å². The fraction of sp³-hybridized carbons (Fsp3) is 0.150. The predicted molar refractivity (Wildman–Crippen MR) is 102 cm³/mol. The summed E-state index contributed by atoms with van der Waals surface area (Å²) in [7, 11) is 1.79. The first-order valence-electron chi connectivity index (χ1n) is 8.02. The molecule has 0 saturated carbocycles. The molecular weight excluding hydrogens is 405 g/mol. The number of aliphatic imine (C=N–C) groups is 1. The van der Waals surface area contributed by atoms with Crippen molar-refractivity contribution in [3.8, 4) is 0 Å². The summed E-state index contributed by atoms with van der Waals surface area (Å²) in [4.78, 5) is 5.90. The van der Waals surface area contributed by atoms with Crippen molar-refractivity contribution in [1.82, 2.24) is 0 Å². The van der Waals surface area contributed by atoms with Crippen molar-refractivity contribution in [3.63, 3.8) is 0 Å². The summed E-state index contributed by atoms with van der Waals surface area (Å²) in [5, 5.41) is 1.63. The Morgan fingerprint density at radius 1 is 0.962 bits per heavy atom. The molecule has 0 saturated heterocycles. The molecule has 0 amide bonds. The van der Waals surface area contributed by atoms with E-state index in [9.17, 15) is 13.2 Å². The molecule has 2 nitrogen and oxygen atoms in total. The molecule has 3 aromatic carbocycles. The van der Waals surface area contributed by atoms with Gasteiger partial charge in [0.2, 0.25) is 0 Å². The number of rotatable bonds is 1. The lowest BCUT2D eigenvalue weighted by Crippen LogP contribution is -2.36. The Bertz CT molecular complexity index is 1010. The Kier molecular flexibility index (Phi) is 4.03. The van der Waals surface area contributed by atoms with Gasteiger partial charge in [-0.3, -0.25) is 4.99 Å². The first-order chi connectivity index (χ1) is 12.4. The van der Waals surface area contributed by atoms with Crippen molar-refractivity contribution in [2.45, 2.75) is 12.3 Å². The largest absolute Gasteiger partial charge is 0.433 e. The van der Waals surface area contributed by atoms with Gasteiger partial charge in [0.15, 0.2) is 5.71 Å². The highest BCUT2D eigenvalue weighted by Crippen LogP contribution is 2.44. The van der Waals surface area contributed by atoms with Crippen molar-refractivity contribution >= 4 is 38.1 Å². The van der Waals surface area contributed by atoms with Crippen molar-refractivity contribution in [1.29, 1.82) is 0 Å². The highest BCUT2D eigenvalue weighted by atomic mass is 79.9. The van der Waals surface area contributed by atoms with Crippen LogP contribution in [-0.2, 0) is 0 Å². The first-order valence-corrected chi connectivity index (χ1v) is 8.81. The number of fused-ring (bicyclic) bond motifs is 3. The van der Waals surface area contributed by atoms with E-state index in [1.807, 2.05) is 35.2 Å². The second kappa shape index (κ2) is 6.13. The van der Waals surface area contributed by atoms with Crippen LogP contribution in [0.15, 0.2) is 70.1 Å². The molecule has 0 spiro atoms. The molecule has 0 N–H and O–H groups in total. The van der Waals surface area contributed by atoms with Crippen LogP contribution in [0.4, 0.5) is 18.9 Å². The molecule has 4 rings (SSSR count). The molecule has 1 atom stereocenters. The van der Waals surface area contributed by atoms with Crippen LogP contribution in [0, 0.1) is 0 Å². The highest BCUT2D eigenvalue weighted by Gasteiger charge is 2.43. The minimum absolute atomic E-state index is 0.0951. The van der Waals surface area contributed by atoms with E-state index in [1.165, 1.54) is 6.07 Å². The van der Waals surface area contributed by atoms with Crippen LogP contribution in [0.5, 0.6) is 0 Å². The minimum atomic E-state index is -4.54. The normalized spacial score (nSPS) is 17.2. The topological polar surface area (TPSA) is 15.6 Å². The molecule has 1 heterocycles. The number of hydrogen-bond donors (Lipinski definition) is 0. The van der Waals surface area contributed by atoms with Gasteiger partial charge in [-0.2, -0.15) is 13.2 Å². The maximum atomic E-state index is 13.8. The van der Waals surface area contributed by atoms with Gasteiger partial charge in [0.05, 0.1) is 5.69 Å². The smallest absolute Gasteiger partial charge is 0.348 e. The molecule has 26 heavy (non-hydrogen) atoms.